The quantitative estimate of drug-likeness (QED) is 0.826. The highest BCUT2D eigenvalue weighted by molar-refractivity contribution is 5.55. The third kappa shape index (κ3) is 2.22. The second kappa shape index (κ2) is 4.10. The van der Waals surface area contributed by atoms with E-state index in [-0.39, 0.29) is 6.10 Å². The standard InChI is InChI=1S/C14H21NO/c1-11(16)12-6-4-5-7-13(12)15-9-8-14(2,3)10-15/h4-7,11,16H,8-10H2,1-3H3. The van der Waals surface area contributed by atoms with E-state index in [2.05, 4.69) is 24.8 Å². The monoisotopic (exact) mass is 219 g/mol. The van der Waals surface area contributed by atoms with Crippen molar-refractivity contribution < 1.29 is 5.11 Å². The van der Waals surface area contributed by atoms with E-state index >= 15 is 0 Å². The van der Waals surface area contributed by atoms with E-state index < -0.39 is 0 Å². The van der Waals surface area contributed by atoms with Crippen LogP contribution in [0.1, 0.15) is 38.9 Å². The summed E-state index contributed by atoms with van der Waals surface area (Å²) in [6.07, 6.45) is 0.834. The van der Waals surface area contributed by atoms with E-state index in [4.69, 9.17) is 0 Å². The van der Waals surface area contributed by atoms with Crippen LogP contribution in [-0.4, -0.2) is 18.2 Å². The van der Waals surface area contributed by atoms with Gasteiger partial charge in [-0.05, 0) is 24.8 Å². The molecule has 1 aromatic carbocycles. The molecule has 1 aliphatic rings. The third-order valence-corrected chi connectivity index (χ3v) is 3.40. The Morgan fingerprint density at radius 3 is 2.56 bits per heavy atom. The molecule has 1 atom stereocenters. The van der Waals surface area contributed by atoms with Gasteiger partial charge in [0.25, 0.3) is 0 Å². The number of hydrogen-bond acceptors (Lipinski definition) is 2. The van der Waals surface area contributed by atoms with Crippen molar-refractivity contribution in [1.29, 1.82) is 0 Å². The Labute approximate surface area is 97.9 Å². The van der Waals surface area contributed by atoms with Gasteiger partial charge >= 0.3 is 0 Å². The average Bonchev–Trinajstić information content (AvgIpc) is 2.59. The Hall–Kier alpha value is -1.02. The first-order valence-electron chi connectivity index (χ1n) is 6.01. The van der Waals surface area contributed by atoms with E-state index in [1.807, 2.05) is 25.1 Å². The zero-order valence-corrected chi connectivity index (χ0v) is 10.4. The number of aliphatic hydroxyl groups is 1. The highest BCUT2D eigenvalue weighted by atomic mass is 16.3. The lowest BCUT2D eigenvalue weighted by atomic mass is 9.93. The Kier molecular flexibility index (Phi) is 2.94. The van der Waals surface area contributed by atoms with Crippen LogP contribution in [0.15, 0.2) is 24.3 Å². The normalized spacial score (nSPS) is 21.1. The molecule has 0 saturated carbocycles. The summed E-state index contributed by atoms with van der Waals surface area (Å²) in [7, 11) is 0. The fraction of sp³-hybridized carbons (Fsp3) is 0.571. The molecule has 0 bridgehead atoms. The topological polar surface area (TPSA) is 23.5 Å². The summed E-state index contributed by atoms with van der Waals surface area (Å²) in [6.45, 7) is 8.61. The van der Waals surface area contributed by atoms with Gasteiger partial charge in [0.05, 0.1) is 6.10 Å². The number of nitrogens with zero attached hydrogens (tertiary/aromatic N) is 1. The summed E-state index contributed by atoms with van der Waals surface area (Å²) in [5, 5.41) is 9.77. The molecular weight excluding hydrogens is 198 g/mol. The minimum absolute atomic E-state index is 0.389. The molecule has 1 aromatic rings. The lowest BCUT2D eigenvalue weighted by molar-refractivity contribution is 0.199. The van der Waals surface area contributed by atoms with Crippen molar-refractivity contribution in [1.82, 2.24) is 0 Å². The van der Waals surface area contributed by atoms with Crippen LogP contribution >= 0.6 is 0 Å². The molecule has 2 heteroatoms. The number of para-hydroxylation sites is 1. The lowest BCUT2D eigenvalue weighted by Gasteiger charge is -2.25. The number of hydrogen-bond donors (Lipinski definition) is 1. The maximum atomic E-state index is 9.77. The summed E-state index contributed by atoms with van der Waals surface area (Å²) < 4.78 is 0. The van der Waals surface area contributed by atoms with E-state index in [1.165, 1.54) is 12.1 Å². The highest BCUT2D eigenvalue weighted by Gasteiger charge is 2.30. The fourth-order valence-electron chi connectivity index (χ4n) is 2.45. The largest absolute Gasteiger partial charge is 0.389 e. The lowest BCUT2D eigenvalue weighted by Crippen LogP contribution is -2.24. The van der Waals surface area contributed by atoms with Crippen molar-refractivity contribution >= 4 is 5.69 Å². The second-order valence-corrected chi connectivity index (χ2v) is 5.57. The maximum Gasteiger partial charge on any atom is 0.0781 e. The Morgan fingerprint density at radius 2 is 2.00 bits per heavy atom. The summed E-state index contributed by atoms with van der Waals surface area (Å²) in [5.74, 6) is 0. The van der Waals surface area contributed by atoms with E-state index in [0.29, 0.717) is 5.41 Å². The number of rotatable bonds is 2. The molecule has 0 aliphatic carbocycles. The molecule has 2 nitrogen and oxygen atoms in total. The van der Waals surface area contributed by atoms with Gasteiger partial charge in [0, 0.05) is 24.3 Å². The van der Waals surface area contributed by atoms with Crippen molar-refractivity contribution in [3.63, 3.8) is 0 Å². The van der Waals surface area contributed by atoms with Gasteiger partial charge in [-0.3, -0.25) is 0 Å². The van der Waals surface area contributed by atoms with Gasteiger partial charge in [-0.15, -0.1) is 0 Å². The maximum absolute atomic E-state index is 9.77. The van der Waals surface area contributed by atoms with Gasteiger partial charge in [-0.2, -0.15) is 0 Å². The third-order valence-electron chi connectivity index (χ3n) is 3.40. The Morgan fingerprint density at radius 1 is 1.31 bits per heavy atom. The summed E-state index contributed by atoms with van der Waals surface area (Å²) in [5.41, 5.74) is 2.63. The molecule has 1 unspecified atom stereocenters. The van der Waals surface area contributed by atoms with Crippen molar-refractivity contribution in [3.8, 4) is 0 Å². The summed E-state index contributed by atoms with van der Waals surface area (Å²) in [6, 6.07) is 8.17. The van der Waals surface area contributed by atoms with Crippen LogP contribution in [0.25, 0.3) is 0 Å². The van der Waals surface area contributed by atoms with Gasteiger partial charge in [-0.25, -0.2) is 0 Å². The van der Waals surface area contributed by atoms with Crippen LogP contribution in [0.5, 0.6) is 0 Å². The van der Waals surface area contributed by atoms with E-state index in [1.54, 1.807) is 0 Å². The molecule has 0 amide bonds. The number of aliphatic hydroxyl groups excluding tert-OH is 1. The molecule has 0 spiro atoms. The van der Waals surface area contributed by atoms with Gasteiger partial charge in [-0.1, -0.05) is 32.0 Å². The Balaban J connectivity index is 2.28. The molecule has 16 heavy (non-hydrogen) atoms. The SMILES string of the molecule is CC(O)c1ccccc1N1CCC(C)(C)C1. The highest BCUT2D eigenvalue weighted by Crippen LogP contribution is 2.35. The van der Waals surface area contributed by atoms with Gasteiger partial charge in [0.2, 0.25) is 0 Å². The predicted octanol–water partition coefficient (Wildman–Crippen LogP) is 2.98. The zero-order valence-electron chi connectivity index (χ0n) is 10.4. The molecule has 88 valence electrons. The average molecular weight is 219 g/mol. The van der Waals surface area contributed by atoms with Crippen LogP contribution in [0, 0.1) is 5.41 Å². The van der Waals surface area contributed by atoms with Crippen LogP contribution < -0.4 is 4.90 Å². The first-order valence-corrected chi connectivity index (χ1v) is 6.01. The van der Waals surface area contributed by atoms with E-state index in [9.17, 15) is 5.11 Å². The molecule has 1 N–H and O–H groups in total. The second-order valence-electron chi connectivity index (χ2n) is 5.57. The van der Waals surface area contributed by atoms with Crippen molar-refractivity contribution in [2.24, 2.45) is 5.41 Å². The predicted molar refractivity (Wildman–Crippen MR) is 67.7 cm³/mol. The molecule has 2 rings (SSSR count). The van der Waals surface area contributed by atoms with Gasteiger partial charge in [0.1, 0.15) is 0 Å². The van der Waals surface area contributed by atoms with Crippen molar-refractivity contribution in [3.05, 3.63) is 29.8 Å². The minimum Gasteiger partial charge on any atom is -0.389 e. The first kappa shape index (κ1) is 11.5. The van der Waals surface area contributed by atoms with Crippen LogP contribution in [0.3, 0.4) is 0 Å². The molecule has 1 fully saturated rings. The summed E-state index contributed by atoms with van der Waals surface area (Å²) >= 11 is 0. The molecule has 1 heterocycles. The molecule has 0 radical (unpaired) electrons. The van der Waals surface area contributed by atoms with Crippen LogP contribution in [0.4, 0.5) is 5.69 Å². The van der Waals surface area contributed by atoms with Crippen LogP contribution in [-0.2, 0) is 0 Å². The molecular formula is C14H21NO. The first-order chi connectivity index (χ1) is 7.49. The van der Waals surface area contributed by atoms with Gasteiger partial charge in [0.15, 0.2) is 0 Å². The molecule has 1 saturated heterocycles. The van der Waals surface area contributed by atoms with Gasteiger partial charge < -0.3 is 10.0 Å². The van der Waals surface area contributed by atoms with Crippen molar-refractivity contribution in [2.45, 2.75) is 33.3 Å². The molecule has 0 aromatic heterocycles. The number of benzene rings is 1. The smallest absolute Gasteiger partial charge is 0.0781 e. The number of anilines is 1. The Bertz CT molecular complexity index is 371. The summed E-state index contributed by atoms with van der Waals surface area (Å²) in [4.78, 5) is 2.39. The minimum atomic E-state index is -0.389. The van der Waals surface area contributed by atoms with Crippen LogP contribution in [0.2, 0.25) is 0 Å². The molecule has 1 aliphatic heterocycles. The van der Waals surface area contributed by atoms with Crippen molar-refractivity contribution in [2.75, 3.05) is 18.0 Å². The zero-order chi connectivity index (χ0) is 11.8. The fourth-order valence-corrected chi connectivity index (χ4v) is 2.45. The van der Waals surface area contributed by atoms with E-state index in [0.717, 1.165) is 18.7 Å².